The summed E-state index contributed by atoms with van der Waals surface area (Å²) in [7, 11) is 0. The van der Waals surface area contributed by atoms with Crippen molar-refractivity contribution in [3.63, 3.8) is 0 Å². The van der Waals surface area contributed by atoms with Gasteiger partial charge in [-0.1, -0.05) is 13.8 Å². The molecule has 0 saturated carbocycles. The zero-order chi connectivity index (χ0) is 20.6. The van der Waals surface area contributed by atoms with Crippen LogP contribution in [0.25, 0.3) is 0 Å². The molecule has 7 heteroatoms. The van der Waals surface area contributed by atoms with Crippen molar-refractivity contribution < 1.29 is 19.4 Å². The highest BCUT2D eigenvalue weighted by Gasteiger charge is 2.33. The van der Waals surface area contributed by atoms with Gasteiger partial charge in [-0.15, -0.1) is 11.3 Å². The molecular weight excluding hydrogens is 388 g/mol. The van der Waals surface area contributed by atoms with E-state index in [0.717, 1.165) is 48.5 Å². The lowest BCUT2D eigenvalue weighted by atomic mass is 9.76. The summed E-state index contributed by atoms with van der Waals surface area (Å²) in [5.74, 6) is -1.25. The summed E-state index contributed by atoms with van der Waals surface area (Å²) in [5, 5.41) is 13.1. The number of aryl methyl sites for hydroxylation is 1. The Hall–Kier alpha value is -2.38. The Labute approximate surface area is 174 Å². The first kappa shape index (κ1) is 19.9. The van der Waals surface area contributed by atoms with E-state index >= 15 is 0 Å². The molecule has 4 rings (SSSR count). The second-order valence-corrected chi connectivity index (χ2v) is 9.56. The van der Waals surface area contributed by atoms with E-state index in [1.807, 2.05) is 12.1 Å². The highest BCUT2D eigenvalue weighted by Crippen LogP contribution is 2.43. The van der Waals surface area contributed by atoms with Crippen molar-refractivity contribution in [3.8, 4) is 0 Å². The van der Waals surface area contributed by atoms with Crippen molar-refractivity contribution in [1.82, 2.24) is 0 Å². The normalized spacial score (nSPS) is 18.2. The van der Waals surface area contributed by atoms with Crippen LogP contribution in [0.4, 0.5) is 10.7 Å². The number of hydrogen-bond acceptors (Lipinski definition) is 5. The molecule has 1 aromatic heterocycles. The summed E-state index contributed by atoms with van der Waals surface area (Å²) in [5.41, 5.74) is 2.80. The first-order valence-electron chi connectivity index (χ1n) is 9.96. The van der Waals surface area contributed by atoms with Gasteiger partial charge in [0.2, 0.25) is 0 Å². The Bertz CT molecular complexity index is 927. The number of morpholine rings is 1. The molecule has 0 bridgehead atoms. The third-order valence-electron chi connectivity index (χ3n) is 5.72. The van der Waals surface area contributed by atoms with Crippen LogP contribution in [-0.2, 0) is 17.6 Å². The van der Waals surface area contributed by atoms with E-state index in [2.05, 4.69) is 24.1 Å². The highest BCUT2D eigenvalue weighted by atomic mass is 32.1. The van der Waals surface area contributed by atoms with Crippen molar-refractivity contribution in [3.05, 3.63) is 45.8 Å². The smallest absolute Gasteiger partial charge is 0.339 e. The Morgan fingerprint density at radius 3 is 2.52 bits per heavy atom. The van der Waals surface area contributed by atoms with Gasteiger partial charge in [0.05, 0.1) is 18.8 Å². The maximum atomic E-state index is 12.8. The Kier molecular flexibility index (Phi) is 5.36. The van der Waals surface area contributed by atoms with Gasteiger partial charge in [0, 0.05) is 29.2 Å². The second-order valence-electron chi connectivity index (χ2n) is 8.45. The number of carbonyl (C=O) groups is 2. The zero-order valence-corrected chi connectivity index (χ0v) is 17.6. The quantitative estimate of drug-likeness (QED) is 0.789. The largest absolute Gasteiger partial charge is 0.478 e. The van der Waals surface area contributed by atoms with Crippen LogP contribution in [0.2, 0.25) is 0 Å². The number of carboxylic acids is 1. The summed E-state index contributed by atoms with van der Waals surface area (Å²) in [6, 6.07) is 7.44. The Morgan fingerprint density at radius 1 is 1.17 bits per heavy atom. The average Bonchev–Trinajstić information content (AvgIpc) is 3.04. The number of carbonyl (C=O) groups excluding carboxylic acids is 1. The predicted octanol–water partition coefficient (Wildman–Crippen LogP) is 4.05. The molecule has 0 unspecified atom stereocenters. The molecule has 29 heavy (non-hydrogen) atoms. The van der Waals surface area contributed by atoms with Gasteiger partial charge in [0.1, 0.15) is 5.00 Å². The monoisotopic (exact) mass is 414 g/mol. The molecule has 1 aromatic carbocycles. The topological polar surface area (TPSA) is 78.9 Å². The molecule has 2 aliphatic rings. The number of thiophene rings is 1. The number of aromatic carboxylic acids is 1. The maximum Gasteiger partial charge on any atom is 0.339 e. The summed E-state index contributed by atoms with van der Waals surface area (Å²) in [4.78, 5) is 28.0. The van der Waals surface area contributed by atoms with Crippen LogP contribution < -0.4 is 10.2 Å². The van der Waals surface area contributed by atoms with E-state index < -0.39 is 5.97 Å². The van der Waals surface area contributed by atoms with Crippen LogP contribution in [0.5, 0.6) is 0 Å². The highest BCUT2D eigenvalue weighted by molar-refractivity contribution is 7.17. The van der Waals surface area contributed by atoms with Gasteiger partial charge < -0.3 is 20.1 Å². The lowest BCUT2D eigenvalue weighted by Gasteiger charge is -2.29. The van der Waals surface area contributed by atoms with Crippen molar-refractivity contribution in [2.75, 3.05) is 36.5 Å². The fourth-order valence-electron chi connectivity index (χ4n) is 4.05. The maximum absolute atomic E-state index is 12.8. The van der Waals surface area contributed by atoms with Gasteiger partial charge in [-0.2, -0.15) is 0 Å². The van der Waals surface area contributed by atoms with Crippen molar-refractivity contribution >= 4 is 33.9 Å². The molecule has 154 valence electrons. The molecule has 2 aromatic rings. The van der Waals surface area contributed by atoms with Crippen LogP contribution in [0.3, 0.4) is 0 Å². The number of anilines is 2. The summed E-state index contributed by atoms with van der Waals surface area (Å²) >= 11 is 1.40. The standard InChI is InChI=1S/C22H26N2O4S/c1-22(2)8-7-17-16(13-22)18(21(26)27)20(29-17)23-19(25)14-3-5-15(6-4-14)24-9-11-28-12-10-24/h3-6H,7-13H2,1-2H3,(H,23,25)(H,26,27). The number of nitrogens with one attached hydrogen (secondary N) is 1. The number of carboxylic acid groups (broad SMARTS) is 1. The van der Waals surface area contributed by atoms with E-state index in [4.69, 9.17) is 4.74 Å². The molecule has 0 radical (unpaired) electrons. The summed E-state index contributed by atoms with van der Waals surface area (Å²) < 4.78 is 5.37. The SMILES string of the molecule is CC1(C)CCc2sc(NC(=O)c3ccc(N4CCOCC4)cc3)c(C(=O)O)c2C1. The van der Waals surface area contributed by atoms with Crippen LogP contribution >= 0.6 is 11.3 Å². The molecule has 1 aliphatic heterocycles. The third-order valence-corrected chi connectivity index (χ3v) is 6.93. The minimum atomic E-state index is -0.974. The third kappa shape index (κ3) is 4.16. The predicted molar refractivity (Wildman–Crippen MR) is 115 cm³/mol. The molecule has 1 saturated heterocycles. The number of nitrogens with zero attached hydrogens (tertiary/aromatic N) is 1. The Morgan fingerprint density at radius 2 is 1.86 bits per heavy atom. The molecule has 6 nitrogen and oxygen atoms in total. The minimum absolute atomic E-state index is 0.0782. The Balaban J connectivity index is 1.54. The first-order valence-corrected chi connectivity index (χ1v) is 10.8. The van der Waals surface area contributed by atoms with E-state index in [-0.39, 0.29) is 16.9 Å². The second kappa shape index (κ2) is 7.80. The lowest BCUT2D eigenvalue weighted by Crippen LogP contribution is -2.36. The molecule has 1 aliphatic carbocycles. The van der Waals surface area contributed by atoms with E-state index in [1.165, 1.54) is 11.3 Å². The minimum Gasteiger partial charge on any atom is -0.478 e. The summed E-state index contributed by atoms with van der Waals surface area (Å²) in [6.45, 7) is 7.41. The number of ether oxygens (including phenoxy) is 1. The first-order chi connectivity index (χ1) is 13.8. The number of rotatable bonds is 4. The number of hydrogen-bond donors (Lipinski definition) is 2. The molecule has 0 spiro atoms. The van der Waals surface area contributed by atoms with Crippen LogP contribution in [0, 0.1) is 5.41 Å². The summed E-state index contributed by atoms with van der Waals surface area (Å²) in [6.07, 6.45) is 2.61. The number of benzene rings is 1. The number of fused-ring (bicyclic) bond motifs is 1. The van der Waals surface area contributed by atoms with Crippen LogP contribution in [-0.4, -0.2) is 43.3 Å². The average molecular weight is 415 g/mol. The van der Waals surface area contributed by atoms with Gasteiger partial charge in [0.25, 0.3) is 5.91 Å². The van der Waals surface area contributed by atoms with Crippen molar-refractivity contribution in [2.24, 2.45) is 5.41 Å². The van der Waals surface area contributed by atoms with Crippen molar-refractivity contribution in [1.29, 1.82) is 0 Å². The molecule has 2 N–H and O–H groups in total. The van der Waals surface area contributed by atoms with Crippen LogP contribution in [0.1, 0.15) is 51.4 Å². The van der Waals surface area contributed by atoms with Gasteiger partial charge >= 0.3 is 5.97 Å². The van der Waals surface area contributed by atoms with Gasteiger partial charge in [-0.05, 0) is 54.5 Å². The van der Waals surface area contributed by atoms with Crippen LogP contribution in [0.15, 0.2) is 24.3 Å². The van der Waals surface area contributed by atoms with Gasteiger partial charge in [-0.3, -0.25) is 4.79 Å². The van der Waals surface area contributed by atoms with E-state index in [1.54, 1.807) is 12.1 Å². The zero-order valence-electron chi connectivity index (χ0n) is 16.8. The molecule has 2 heterocycles. The van der Waals surface area contributed by atoms with Crippen molar-refractivity contribution in [2.45, 2.75) is 33.1 Å². The van der Waals surface area contributed by atoms with Gasteiger partial charge in [-0.25, -0.2) is 4.79 Å². The fourth-order valence-corrected chi connectivity index (χ4v) is 5.26. The van der Waals surface area contributed by atoms with Gasteiger partial charge in [0.15, 0.2) is 0 Å². The van der Waals surface area contributed by atoms with E-state index in [9.17, 15) is 14.7 Å². The molecule has 1 fully saturated rings. The molecule has 1 amide bonds. The van der Waals surface area contributed by atoms with E-state index in [0.29, 0.717) is 23.8 Å². The molecule has 0 atom stereocenters. The lowest BCUT2D eigenvalue weighted by molar-refractivity contribution is 0.0696. The fraction of sp³-hybridized carbons (Fsp3) is 0.455. The molecular formula is C22H26N2O4S. The number of amides is 1.